The van der Waals surface area contributed by atoms with Crippen molar-refractivity contribution in [1.82, 2.24) is 4.98 Å². The lowest BCUT2D eigenvalue weighted by Crippen LogP contribution is -2.35. The lowest BCUT2D eigenvalue weighted by Gasteiger charge is -2.29. The van der Waals surface area contributed by atoms with Crippen molar-refractivity contribution < 1.29 is 9.15 Å². The molecule has 2 aromatic rings. The average Bonchev–Trinajstić information content (AvgIpc) is 2.81. The Morgan fingerprint density at radius 2 is 2.11 bits per heavy atom. The van der Waals surface area contributed by atoms with Crippen LogP contribution in [-0.2, 0) is 0 Å². The second-order valence-corrected chi connectivity index (χ2v) is 4.88. The van der Waals surface area contributed by atoms with Gasteiger partial charge in [0.15, 0.2) is 5.58 Å². The predicted octanol–water partition coefficient (Wildman–Crippen LogP) is 2.72. The number of hydrogen-bond donors (Lipinski definition) is 1. The molecule has 2 N–H and O–H groups in total. The first-order valence-electron chi connectivity index (χ1n) is 6.59. The molecular formula is C14H18N2O2. The maximum absolute atomic E-state index is 5.89. The fraction of sp³-hybridized carbons (Fsp3) is 0.500. The van der Waals surface area contributed by atoms with E-state index in [4.69, 9.17) is 14.9 Å². The molecule has 1 heterocycles. The first-order chi connectivity index (χ1) is 8.86. The van der Waals surface area contributed by atoms with E-state index in [2.05, 4.69) is 4.98 Å². The minimum absolute atomic E-state index is 0.150. The van der Waals surface area contributed by atoms with E-state index in [0.717, 1.165) is 23.9 Å². The van der Waals surface area contributed by atoms with Gasteiger partial charge in [0.1, 0.15) is 11.6 Å². The molecule has 1 aliphatic carbocycles. The fourth-order valence-corrected chi connectivity index (χ4v) is 2.63. The maximum Gasteiger partial charge on any atom is 0.394 e. The maximum atomic E-state index is 5.89. The third-order valence-electron chi connectivity index (χ3n) is 3.67. The number of ether oxygens (including phenoxy) is 1. The Balaban J connectivity index is 1.78. The summed E-state index contributed by atoms with van der Waals surface area (Å²) in [6.07, 6.45) is 5.15. The van der Waals surface area contributed by atoms with Gasteiger partial charge in [0, 0.05) is 5.92 Å². The molecule has 1 aromatic heterocycles. The zero-order valence-corrected chi connectivity index (χ0v) is 10.3. The van der Waals surface area contributed by atoms with E-state index in [9.17, 15) is 0 Å². The molecule has 0 spiro atoms. The van der Waals surface area contributed by atoms with Crippen molar-refractivity contribution in [3.63, 3.8) is 0 Å². The number of nitrogens with zero attached hydrogens (tertiary/aromatic N) is 1. The number of hydrogen-bond acceptors (Lipinski definition) is 4. The van der Waals surface area contributed by atoms with Crippen LogP contribution in [0.4, 0.5) is 0 Å². The SMILES string of the molecule is NCC1CCCCC1Oc1nc2ccccc2o1. The second-order valence-electron chi connectivity index (χ2n) is 4.88. The molecule has 4 nitrogen and oxygen atoms in total. The van der Waals surface area contributed by atoms with Gasteiger partial charge >= 0.3 is 6.08 Å². The lowest BCUT2D eigenvalue weighted by atomic mass is 9.86. The topological polar surface area (TPSA) is 61.3 Å². The molecular weight excluding hydrogens is 228 g/mol. The molecule has 1 aliphatic rings. The summed E-state index contributed by atoms with van der Waals surface area (Å²) in [5.41, 5.74) is 7.40. The van der Waals surface area contributed by atoms with Crippen LogP contribution in [0, 0.1) is 5.92 Å². The third-order valence-corrected chi connectivity index (χ3v) is 3.67. The number of aromatic nitrogens is 1. The summed E-state index contributed by atoms with van der Waals surface area (Å²) in [6, 6.07) is 7.70. The van der Waals surface area contributed by atoms with Gasteiger partial charge in [-0.05, 0) is 37.9 Å². The van der Waals surface area contributed by atoms with Crippen molar-refractivity contribution in [2.45, 2.75) is 31.8 Å². The Hall–Kier alpha value is -1.55. The van der Waals surface area contributed by atoms with Crippen molar-refractivity contribution >= 4 is 11.1 Å². The molecule has 3 rings (SSSR count). The number of nitrogens with two attached hydrogens (primary N) is 1. The lowest BCUT2D eigenvalue weighted by molar-refractivity contribution is 0.0683. The smallest absolute Gasteiger partial charge is 0.394 e. The standard InChI is InChI=1S/C14H18N2O2/c15-9-10-5-1-3-7-12(10)17-14-16-11-6-2-4-8-13(11)18-14/h2,4,6,8,10,12H,1,3,5,7,9,15H2. The summed E-state index contributed by atoms with van der Waals surface area (Å²) in [5.74, 6) is 0.425. The molecule has 1 saturated carbocycles. The fourth-order valence-electron chi connectivity index (χ4n) is 2.63. The number of oxazole rings is 1. The minimum Gasteiger partial charge on any atom is -0.447 e. The molecule has 0 aliphatic heterocycles. The first kappa shape index (κ1) is 11.5. The number of benzene rings is 1. The molecule has 4 heteroatoms. The Morgan fingerprint density at radius 3 is 2.94 bits per heavy atom. The van der Waals surface area contributed by atoms with Gasteiger partial charge < -0.3 is 14.9 Å². The van der Waals surface area contributed by atoms with Crippen molar-refractivity contribution in [3.8, 4) is 6.08 Å². The van der Waals surface area contributed by atoms with E-state index in [1.54, 1.807) is 0 Å². The highest BCUT2D eigenvalue weighted by atomic mass is 16.6. The highest BCUT2D eigenvalue weighted by Gasteiger charge is 2.27. The van der Waals surface area contributed by atoms with Gasteiger partial charge in [-0.25, -0.2) is 0 Å². The van der Waals surface area contributed by atoms with Crippen molar-refractivity contribution in [2.75, 3.05) is 6.54 Å². The van der Waals surface area contributed by atoms with E-state index in [1.165, 1.54) is 12.8 Å². The number of fused-ring (bicyclic) bond motifs is 1. The van der Waals surface area contributed by atoms with Gasteiger partial charge in [-0.3, -0.25) is 0 Å². The summed E-state index contributed by atoms with van der Waals surface area (Å²) in [5, 5.41) is 0. The Kier molecular flexibility index (Phi) is 3.19. The first-order valence-corrected chi connectivity index (χ1v) is 6.59. The Bertz CT molecular complexity index is 490. The number of para-hydroxylation sites is 2. The largest absolute Gasteiger partial charge is 0.447 e. The van der Waals surface area contributed by atoms with Gasteiger partial charge in [0.25, 0.3) is 0 Å². The van der Waals surface area contributed by atoms with Gasteiger partial charge in [-0.15, -0.1) is 0 Å². The van der Waals surface area contributed by atoms with Crippen molar-refractivity contribution in [2.24, 2.45) is 11.7 Å². The minimum atomic E-state index is 0.150. The van der Waals surface area contributed by atoms with E-state index in [1.807, 2.05) is 24.3 Å². The normalized spacial score (nSPS) is 24.3. The van der Waals surface area contributed by atoms with Crippen molar-refractivity contribution in [3.05, 3.63) is 24.3 Å². The van der Waals surface area contributed by atoms with E-state index >= 15 is 0 Å². The van der Waals surface area contributed by atoms with Gasteiger partial charge in [-0.2, -0.15) is 4.98 Å². The van der Waals surface area contributed by atoms with Crippen LogP contribution >= 0.6 is 0 Å². The van der Waals surface area contributed by atoms with E-state index < -0.39 is 0 Å². The van der Waals surface area contributed by atoms with Gasteiger partial charge in [0.05, 0.1) is 0 Å². The molecule has 0 bridgehead atoms. The Morgan fingerprint density at radius 1 is 1.28 bits per heavy atom. The summed E-state index contributed by atoms with van der Waals surface area (Å²) in [7, 11) is 0. The zero-order valence-electron chi connectivity index (χ0n) is 10.3. The van der Waals surface area contributed by atoms with Crippen LogP contribution in [-0.4, -0.2) is 17.6 Å². The van der Waals surface area contributed by atoms with Gasteiger partial charge in [0.2, 0.25) is 0 Å². The van der Waals surface area contributed by atoms with E-state index in [-0.39, 0.29) is 6.10 Å². The molecule has 1 aromatic carbocycles. The third kappa shape index (κ3) is 2.20. The highest BCUT2D eigenvalue weighted by Crippen LogP contribution is 2.29. The summed E-state index contributed by atoms with van der Waals surface area (Å²) < 4.78 is 11.5. The summed E-state index contributed by atoms with van der Waals surface area (Å²) >= 11 is 0. The zero-order chi connectivity index (χ0) is 12.4. The van der Waals surface area contributed by atoms with Crippen LogP contribution in [0.2, 0.25) is 0 Å². The van der Waals surface area contributed by atoms with E-state index in [0.29, 0.717) is 18.5 Å². The van der Waals surface area contributed by atoms with Crippen LogP contribution < -0.4 is 10.5 Å². The Labute approximate surface area is 106 Å². The van der Waals surface area contributed by atoms with Gasteiger partial charge in [-0.1, -0.05) is 18.6 Å². The summed E-state index contributed by atoms with van der Waals surface area (Å²) in [6.45, 7) is 0.672. The quantitative estimate of drug-likeness (QED) is 0.904. The monoisotopic (exact) mass is 246 g/mol. The van der Waals surface area contributed by atoms with Crippen LogP contribution in [0.25, 0.3) is 11.1 Å². The second kappa shape index (κ2) is 4.98. The van der Waals surface area contributed by atoms with Crippen molar-refractivity contribution in [1.29, 1.82) is 0 Å². The molecule has 2 unspecified atom stereocenters. The molecule has 18 heavy (non-hydrogen) atoms. The molecule has 0 saturated heterocycles. The highest BCUT2D eigenvalue weighted by molar-refractivity contribution is 5.72. The van der Waals surface area contributed by atoms with Crippen LogP contribution in [0.5, 0.6) is 6.08 Å². The van der Waals surface area contributed by atoms with Crippen LogP contribution in [0.1, 0.15) is 25.7 Å². The summed E-state index contributed by atoms with van der Waals surface area (Å²) in [4.78, 5) is 4.35. The molecule has 1 fully saturated rings. The van der Waals surface area contributed by atoms with Crippen LogP contribution in [0.3, 0.4) is 0 Å². The molecule has 0 amide bonds. The average molecular weight is 246 g/mol. The molecule has 96 valence electrons. The number of rotatable bonds is 3. The molecule has 2 atom stereocenters. The molecule has 0 radical (unpaired) electrons. The predicted molar refractivity (Wildman–Crippen MR) is 69.4 cm³/mol. The van der Waals surface area contributed by atoms with Crippen LogP contribution in [0.15, 0.2) is 28.7 Å².